The van der Waals surface area contributed by atoms with Crippen LogP contribution >= 0.6 is 11.8 Å². The highest BCUT2D eigenvalue weighted by atomic mass is 32.2. The van der Waals surface area contributed by atoms with E-state index in [1.54, 1.807) is 37.8 Å². The second kappa shape index (κ2) is 9.39. The van der Waals surface area contributed by atoms with Crippen LogP contribution in [0, 0.1) is 0 Å². The Kier molecular flexibility index (Phi) is 7.47. The summed E-state index contributed by atoms with van der Waals surface area (Å²) in [6, 6.07) is 6.08. The first-order valence-electron chi connectivity index (χ1n) is 8.98. The summed E-state index contributed by atoms with van der Waals surface area (Å²) in [5, 5.41) is 2.73. The Hall–Kier alpha value is -1.83. The van der Waals surface area contributed by atoms with E-state index in [-0.39, 0.29) is 11.9 Å². The number of benzene rings is 1. The maximum absolute atomic E-state index is 12.8. The molecule has 1 aromatic rings. The van der Waals surface area contributed by atoms with Crippen LogP contribution in [0.5, 0.6) is 0 Å². The first kappa shape index (κ1) is 21.5. The van der Waals surface area contributed by atoms with Crippen LogP contribution in [0.3, 0.4) is 0 Å². The first-order chi connectivity index (χ1) is 12.7. The number of alkyl carbamates (subject to hydrolysis) is 1. The lowest BCUT2D eigenvalue weighted by Crippen LogP contribution is -2.50. The molecule has 2 rings (SSSR count). The molecule has 1 N–H and O–H groups in total. The van der Waals surface area contributed by atoms with Crippen molar-refractivity contribution >= 4 is 23.8 Å². The van der Waals surface area contributed by atoms with E-state index < -0.39 is 17.5 Å². The number of halogens is 2. The quantitative estimate of drug-likeness (QED) is 0.739. The molecule has 0 aromatic heterocycles. The zero-order valence-electron chi connectivity index (χ0n) is 15.8. The van der Waals surface area contributed by atoms with Crippen LogP contribution in [0.25, 0.3) is 0 Å². The van der Waals surface area contributed by atoms with Crippen molar-refractivity contribution in [2.24, 2.45) is 0 Å². The molecule has 1 aliphatic heterocycles. The third-order valence-electron chi connectivity index (χ3n) is 4.10. The van der Waals surface area contributed by atoms with Crippen molar-refractivity contribution in [3.8, 4) is 0 Å². The third-order valence-corrected chi connectivity index (χ3v) is 4.82. The van der Waals surface area contributed by atoms with Gasteiger partial charge >= 0.3 is 6.09 Å². The highest BCUT2D eigenvalue weighted by Crippen LogP contribution is 2.26. The number of hydrogen-bond donors (Lipinski definition) is 1. The summed E-state index contributed by atoms with van der Waals surface area (Å²) in [4.78, 5) is 26.9. The minimum absolute atomic E-state index is 0.117. The number of carbonyl (C=O) groups excluding carboxylic acids is 2. The van der Waals surface area contributed by atoms with Gasteiger partial charge in [-0.15, -0.1) is 0 Å². The maximum atomic E-state index is 12.8. The minimum Gasteiger partial charge on any atom is -0.444 e. The van der Waals surface area contributed by atoms with Gasteiger partial charge in [0.2, 0.25) is 0 Å². The lowest BCUT2D eigenvalue weighted by atomic mass is 10.0. The Labute approximate surface area is 162 Å². The van der Waals surface area contributed by atoms with E-state index in [0.29, 0.717) is 35.3 Å². The number of amides is 2. The molecule has 27 heavy (non-hydrogen) atoms. The fourth-order valence-electron chi connectivity index (χ4n) is 2.94. The van der Waals surface area contributed by atoms with E-state index in [4.69, 9.17) is 4.74 Å². The van der Waals surface area contributed by atoms with Crippen molar-refractivity contribution in [2.45, 2.75) is 62.3 Å². The van der Waals surface area contributed by atoms with Crippen molar-refractivity contribution < 1.29 is 23.1 Å². The number of thioether (sulfide) groups is 1. The van der Waals surface area contributed by atoms with Gasteiger partial charge in [0.1, 0.15) is 5.60 Å². The van der Waals surface area contributed by atoms with E-state index in [2.05, 4.69) is 5.32 Å². The molecule has 1 aliphatic rings. The van der Waals surface area contributed by atoms with Crippen molar-refractivity contribution in [1.82, 2.24) is 10.2 Å². The molecule has 150 valence electrons. The largest absolute Gasteiger partial charge is 0.444 e. The fraction of sp³-hybridized carbons (Fsp3) is 0.579. The molecular formula is C19H26F2N2O3S. The van der Waals surface area contributed by atoms with Crippen molar-refractivity contribution in [3.05, 3.63) is 29.8 Å². The van der Waals surface area contributed by atoms with Gasteiger partial charge in [-0.1, -0.05) is 11.8 Å². The highest BCUT2D eigenvalue weighted by molar-refractivity contribution is 7.99. The maximum Gasteiger partial charge on any atom is 0.407 e. The van der Waals surface area contributed by atoms with E-state index in [1.807, 2.05) is 0 Å². The van der Waals surface area contributed by atoms with E-state index in [1.165, 1.54) is 12.1 Å². The van der Waals surface area contributed by atoms with Crippen LogP contribution in [0.4, 0.5) is 13.6 Å². The molecule has 8 heteroatoms. The van der Waals surface area contributed by atoms with Crippen LogP contribution < -0.4 is 5.32 Å². The Morgan fingerprint density at radius 1 is 1.26 bits per heavy atom. The number of rotatable bonds is 5. The Morgan fingerprint density at radius 2 is 1.93 bits per heavy atom. The Bertz CT molecular complexity index is 647. The summed E-state index contributed by atoms with van der Waals surface area (Å²) >= 11 is 0.451. The SMILES string of the molecule is CC(C)(C)OC(=O)NCC1CCCCN1C(=O)c1ccc(SC(F)F)cc1. The number of alkyl halides is 2. The summed E-state index contributed by atoms with van der Waals surface area (Å²) in [5.74, 6) is -2.64. The molecule has 0 aliphatic carbocycles. The highest BCUT2D eigenvalue weighted by Gasteiger charge is 2.28. The molecule has 1 fully saturated rings. The average molecular weight is 400 g/mol. The van der Waals surface area contributed by atoms with Crippen LogP contribution in [0.15, 0.2) is 29.2 Å². The number of ether oxygens (including phenoxy) is 1. The lowest BCUT2D eigenvalue weighted by molar-refractivity contribution is 0.0462. The predicted molar refractivity (Wildman–Crippen MR) is 101 cm³/mol. The smallest absolute Gasteiger partial charge is 0.407 e. The molecule has 1 saturated heterocycles. The Morgan fingerprint density at radius 3 is 2.52 bits per heavy atom. The number of nitrogens with one attached hydrogen (secondary N) is 1. The summed E-state index contributed by atoms with van der Waals surface area (Å²) < 4.78 is 30.1. The van der Waals surface area contributed by atoms with E-state index >= 15 is 0 Å². The second-order valence-electron chi connectivity index (χ2n) is 7.43. The molecule has 0 bridgehead atoms. The minimum atomic E-state index is -2.49. The molecule has 0 saturated carbocycles. The number of piperidine rings is 1. The normalized spacial score (nSPS) is 17.7. The molecule has 1 aromatic carbocycles. The van der Waals surface area contributed by atoms with Crippen LogP contribution in [-0.4, -0.2) is 47.4 Å². The lowest BCUT2D eigenvalue weighted by Gasteiger charge is -2.36. The summed E-state index contributed by atoms with van der Waals surface area (Å²) in [7, 11) is 0. The number of carbonyl (C=O) groups is 2. The summed E-state index contributed by atoms with van der Waals surface area (Å²) in [6.45, 7) is 6.30. The monoisotopic (exact) mass is 400 g/mol. The van der Waals surface area contributed by atoms with Gasteiger partial charge in [0, 0.05) is 29.6 Å². The first-order valence-corrected chi connectivity index (χ1v) is 9.86. The topological polar surface area (TPSA) is 58.6 Å². The zero-order valence-corrected chi connectivity index (χ0v) is 16.7. The van der Waals surface area contributed by atoms with Crippen molar-refractivity contribution in [1.29, 1.82) is 0 Å². The van der Waals surface area contributed by atoms with Gasteiger partial charge in [-0.2, -0.15) is 8.78 Å². The zero-order chi connectivity index (χ0) is 20.0. The molecule has 1 atom stereocenters. The summed E-state index contributed by atoms with van der Waals surface area (Å²) in [6.07, 6.45) is 2.16. The fourth-order valence-corrected chi connectivity index (χ4v) is 3.44. The van der Waals surface area contributed by atoms with Gasteiger partial charge in [0.25, 0.3) is 11.7 Å². The predicted octanol–water partition coefficient (Wildman–Crippen LogP) is 4.52. The van der Waals surface area contributed by atoms with Crippen LogP contribution in [0.1, 0.15) is 50.4 Å². The van der Waals surface area contributed by atoms with Gasteiger partial charge in [0.15, 0.2) is 0 Å². The number of hydrogen-bond acceptors (Lipinski definition) is 4. The second-order valence-corrected chi connectivity index (χ2v) is 8.50. The van der Waals surface area contributed by atoms with Crippen LogP contribution in [0.2, 0.25) is 0 Å². The Balaban J connectivity index is 1.99. The van der Waals surface area contributed by atoms with Gasteiger partial charge in [-0.05, 0) is 64.3 Å². The van der Waals surface area contributed by atoms with Crippen molar-refractivity contribution in [2.75, 3.05) is 13.1 Å². The molecule has 0 radical (unpaired) electrons. The molecule has 2 amide bonds. The van der Waals surface area contributed by atoms with Crippen LogP contribution in [-0.2, 0) is 4.74 Å². The summed E-state index contributed by atoms with van der Waals surface area (Å²) in [5.41, 5.74) is -0.123. The van der Waals surface area contributed by atoms with E-state index in [0.717, 1.165) is 19.3 Å². The average Bonchev–Trinajstić information content (AvgIpc) is 2.58. The molecule has 5 nitrogen and oxygen atoms in total. The molecule has 1 heterocycles. The third kappa shape index (κ3) is 7.01. The van der Waals surface area contributed by atoms with Gasteiger partial charge < -0.3 is 15.0 Å². The van der Waals surface area contributed by atoms with Gasteiger partial charge in [-0.25, -0.2) is 4.79 Å². The van der Waals surface area contributed by atoms with Crippen molar-refractivity contribution in [3.63, 3.8) is 0 Å². The molecule has 1 unspecified atom stereocenters. The molecular weight excluding hydrogens is 374 g/mol. The van der Waals surface area contributed by atoms with Gasteiger partial charge in [-0.3, -0.25) is 4.79 Å². The van der Waals surface area contributed by atoms with Gasteiger partial charge in [0.05, 0.1) is 0 Å². The standard InChI is InChI=1S/C19H26F2N2O3S/c1-19(2,3)26-18(25)22-12-14-6-4-5-11-23(14)16(24)13-7-9-15(10-8-13)27-17(20)21/h7-10,14,17H,4-6,11-12H2,1-3H3,(H,22,25). The molecule has 0 spiro atoms. The number of nitrogens with zero attached hydrogens (tertiary/aromatic N) is 1. The van der Waals surface area contributed by atoms with E-state index in [9.17, 15) is 18.4 Å². The number of likely N-dealkylation sites (tertiary alicyclic amines) is 1.